The second kappa shape index (κ2) is 4.58. The van der Waals surface area contributed by atoms with E-state index in [9.17, 15) is 15.2 Å². The number of rotatable bonds is 4. The monoisotopic (exact) mass is 239 g/mol. The zero-order chi connectivity index (χ0) is 13.2. The van der Waals surface area contributed by atoms with Gasteiger partial charge in [0.1, 0.15) is 11.4 Å². The fourth-order valence-corrected chi connectivity index (χ4v) is 1.72. The first-order valence-corrected chi connectivity index (χ1v) is 5.19. The SMILES string of the molecule is CN(CC(C)(C)O)c1cccc(N)c1[N+](=O)[O-]. The van der Waals surface area contributed by atoms with Crippen LogP contribution in [0.5, 0.6) is 0 Å². The fourth-order valence-electron chi connectivity index (χ4n) is 1.72. The highest BCUT2D eigenvalue weighted by Crippen LogP contribution is 2.33. The average molecular weight is 239 g/mol. The van der Waals surface area contributed by atoms with E-state index < -0.39 is 10.5 Å². The molecular formula is C11H17N3O3. The van der Waals surface area contributed by atoms with Gasteiger partial charge in [-0.2, -0.15) is 0 Å². The number of nitrogen functional groups attached to an aromatic ring is 1. The van der Waals surface area contributed by atoms with Gasteiger partial charge in [0, 0.05) is 13.6 Å². The molecule has 6 nitrogen and oxygen atoms in total. The molecule has 1 aromatic rings. The van der Waals surface area contributed by atoms with E-state index in [1.165, 1.54) is 6.07 Å². The standard InChI is InChI=1S/C11H17N3O3/c1-11(2,15)7-13(3)9-6-4-5-8(12)10(9)14(16)17/h4-6,15H,7,12H2,1-3H3. The van der Waals surface area contributed by atoms with Crippen LogP contribution in [0.15, 0.2) is 18.2 Å². The molecule has 0 saturated carbocycles. The molecular weight excluding hydrogens is 222 g/mol. The van der Waals surface area contributed by atoms with Gasteiger partial charge in [-0.05, 0) is 26.0 Å². The van der Waals surface area contributed by atoms with Crippen LogP contribution in [0.1, 0.15) is 13.8 Å². The van der Waals surface area contributed by atoms with Gasteiger partial charge in [-0.3, -0.25) is 10.1 Å². The lowest BCUT2D eigenvalue weighted by molar-refractivity contribution is -0.383. The molecule has 0 fully saturated rings. The minimum atomic E-state index is -0.937. The molecule has 0 aliphatic heterocycles. The topological polar surface area (TPSA) is 92.6 Å². The van der Waals surface area contributed by atoms with Crippen molar-refractivity contribution in [2.75, 3.05) is 24.2 Å². The van der Waals surface area contributed by atoms with E-state index in [0.29, 0.717) is 5.69 Å². The van der Waals surface area contributed by atoms with Crippen molar-refractivity contribution < 1.29 is 10.0 Å². The van der Waals surface area contributed by atoms with Gasteiger partial charge in [-0.1, -0.05) is 6.07 Å². The number of nitro groups is 1. The lowest BCUT2D eigenvalue weighted by Gasteiger charge is -2.27. The van der Waals surface area contributed by atoms with E-state index in [1.54, 1.807) is 37.9 Å². The van der Waals surface area contributed by atoms with Crippen molar-refractivity contribution in [1.82, 2.24) is 0 Å². The number of benzene rings is 1. The second-order valence-corrected chi connectivity index (χ2v) is 4.64. The quantitative estimate of drug-likeness (QED) is 0.470. The highest BCUT2D eigenvalue weighted by Gasteiger charge is 2.24. The van der Waals surface area contributed by atoms with E-state index >= 15 is 0 Å². The molecule has 0 spiro atoms. The number of aliphatic hydroxyl groups is 1. The van der Waals surface area contributed by atoms with Gasteiger partial charge < -0.3 is 15.7 Å². The van der Waals surface area contributed by atoms with Crippen LogP contribution in [-0.2, 0) is 0 Å². The Morgan fingerprint density at radius 2 is 2.12 bits per heavy atom. The third kappa shape index (κ3) is 3.32. The zero-order valence-electron chi connectivity index (χ0n) is 10.2. The maximum Gasteiger partial charge on any atom is 0.315 e. The second-order valence-electron chi connectivity index (χ2n) is 4.64. The number of anilines is 2. The van der Waals surface area contributed by atoms with E-state index in [0.717, 1.165) is 0 Å². The van der Waals surface area contributed by atoms with E-state index in [2.05, 4.69) is 0 Å². The Kier molecular flexibility index (Phi) is 3.57. The number of hydrogen-bond acceptors (Lipinski definition) is 5. The van der Waals surface area contributed by atoms with Crippen molar-refractivity contribution in [1.29, 1.82) is 0 Å². The minimum Gasteiger partial charge on any atom is -0.393 e. The van der Waals surface area contributed by atoms with Crippen LogP contribution in [0.3, 0.4) is 0 Å². The van der Waals surface area contributed by atoms with E-state index in [1.807, 2.05) is 0 Å². The first kappa shape index (κ1) is 13.2. The number of para-hydroxylation sites is 1. The molecule has 17 heavy (non-hydrogen) atoms. The number of nitrogens with zero attached hydrogens (tertiary/aromatic N) is 2. The van der Waals surface area contributed by atoms with Crippen LogP contribution in [0.2, 0.25) is 0 Å². The maximum absolute atomic E-state index is 10.9. The Hall–Kier alpha value is -1.82. The lowest BCUT2D eigenvalue weighted by Crippen LogP contribution is -2.36. The predicted molar refractivity (Wildman–Crippen MR) is 67.1 cm³/mol. The Labute approximate surface area is 99.8 Å². The summed E-state index contributed by atoms with van der Waals surface area (Å²) >= 11 is 0. The summed E-state index contributed by atoms with van der Waals surface area (Å²) in [7, 11) is 1.68. The highest BCUT2D eigenvalue weighted by atomic mass is 16.6. The molecule has 0 amide bonds. The van der Waals surface area contributed by atoms with Gasteiger partial charge in [0.2, 0.25) is 0 Å². The summed E-state index contributed by atoms with van der Waals surface area (Å²) in [6, 6.07) is 4.75. The Bertz CT molecular complexity index is 426. The van der Waals surface area contributed by atoms with Gasteiger partial charge in [-0.15, -0.1) is 0 Å². The first-order valence-electron chi connectivity index (χ1n) is 5.19. The summed E-state index contributed by atoms with van der Waals surface area (Å²) in [6.07, 6.45) is 0. The molecule has 0 aromatic heterocycles. The molecule has 0 aliphatic rings. The van der Waals surface area contributed by atoms with Crippen molar-refractivity contribution in [3.63, 3.8) is 0 Å². The van der Waals surface area contributed by atoms with E-state index in [-0.39, 0.29) is 17.9 Å². The van der Waals surface area contributed by atoms with Crippen molar-refractivity contribution in [3.8, 4) is 0 Å². The first-order chi connectivity index (χ1) is 7.72. The predicted octanol–water partition coefficient (Wildman–Crippen LogP) is 1.38. The van der Waals surface area contributed by atoms with Crippen LogP contribution in [0, 0.1) is 10.1 Å². The van der Waals surface area contributed by atoms with E-state index in [4.69, 9.17) is 5.73 Å². The molecule has 0 bridgehead atoms. The number of hydrogen-bond donors (Lipinski definition) is 2. The van der Waals surface area contributed by atoms with Crippen LogP contribution in [-0.4, -0.2) is 29.2 Å². The van der Waals surface area contributed by atoms with Crippen molar-refractivity contribution in [2.24, 2.45) is 0 Å². The van der Waals surface area contributed by atoms with Gasteiger partial charge in [-0.25, -0.2) is 0 Å². The smallest absolute Gasteiger partial charge is 0.315 e. The third-order valence-electron chi connectivity index (χ3n) is 2.26. The molecule has 1 aromatic carbocycles. The van der Waals surface area contributed by atoms with Crippen molar-refractivity contribution in [3.05, 3.63) is 28.3 Å². The van der Waals surface area contributed by atoms with Gasteiger partial charge in [0.25, 0.3) is 0 Å². The molecule has 0 radical (unpaired) electrons. The Morgan fingerprint density at radius 3 is 2.59 bits per heavy atom. The Balaban J connectivity index is 3.13. The molecule has 0 unspecified atom stereocenters. The summed E-state index contributed by atoms with van der Waals surface area (Å²) in [5, 5.41) is 20.7. The van der Waals surface area contributed by atoms with Gasteiger partial charge in [0.05, 0.1) is 10.5 Å². The van der Waals surface area contributed by atoms with Crippen LogP contribution >= 0.6 is 0 Å². The summed E-state index contributed by atoms with van der Waals surface area (Å²) in [5.74, 6) is 0. The number of likely N-dealkylation sites (N-methyl/N-ethyl adjacent to an activating group) is 1. The average Bonchev–Trinajstić information content (AvgIpc) is 2.13. The fraction of sp³-hybridized carbons (Fsp3) is 0.455. The summed E-state index contributed by atoms with van der Waals surface area (Å²) < 4.78 is 0. The van der Waals surface area contributed by atoms with Gasteiger partial charge in [0.15, 0.2) is 0 Å². The van der Waals surface area contributed by atoms with Crippen LogP contribution in [0.4, 0.5) is 17.1 Å². The molecule has 6 heteroatoms. The summed E-state index contributed by atoms with van der Waals surface area (Å²) in [6.45, 7) is 3.56. The molecule has 0 atom stereocenters. The molecule has 94 valence electrons. The molecule has 3 N–H and O–H groups in total. The molecule has 0 saturated heterocycles. The molecule has 0 aliphatic carbocycles. The summed E-state index contributed by atoms with van der Waals surface area (Å²) in [4.78, 5) is 12.1. The maximum atomic E-state index is 10.9. The van der Waals surface area contributed by atoms with Crippen LogP contribution in [0.25, 0.3) is 0 Å². The van der Waals surface area contributed by atoms with Crippen molar-refractivity contribution in [2.45, 2.75) is 19.4 Å². The van der Waals surface area contributed by atoms with Crippen molar-refractivity contribution >= 4 is 17.1 Å². The zero-order valence-corrected chi connectivity index (χ0v) is 10.2. The third-order valence-corrected chi connectivity index (χ3v) is 2.26. The highest BCUT2D eigenvalue weighted by molar-refractivity contribution is 5.75. The van der Waals surface area contributed by atoms with Crippen LogP contribution < -0.4 is 10.6 Å². The Morgan fingerprint density at radius 1 is 1.53 bits per heavy atom. The van der Waals surface area contributed by atoms with Gasteiger partial charge >= 0.3 is 5.69 Å². The number of nitrogens with two attached hydrogens (primary N) is 1. The lowest BCUT2D eigenvalue weighted by atomic mass is 10.1. The summed E-state index contributed by atoms with van der Waals surface area (Å²) in [5.41, 5.74) is 5.05. The molecule has 1 rings (SSSR count). The number of nitro benzene ring substituents is 1. The largest absolute Gasteiger partial charge is 0.393 e. The molecule has 0 heterocycles. The normalized spacial score (nSPS) is 11.3. The minimum absolute atomic E-state index is 0.120.